The summed E-state index contributed by atoms with van der Waals surface area (Å²) >= 11 is 9.18. The summed E-state index contributed by atoms with van der Waals surface area (Å²) in [4.78, 5) is 22.6. The van der Waals surface area contributed by atoms with E-state index in [4.69, 9.17) is 11.6 Å². The fourth-order valence-electron chi connectivity index (χ4n) is 2.94. The number of aromatic nitrogens is 1. The number of hydrogen-bond donors (Lipinski definition) is 0. The Bertz CT molecular complexity index is 867. The first kappa shape index (κ1) is 16.0. The summed E-state index contributed by atoms with van der Waals surface area (Å²) in [6.45, 7) is 4.22. The van der Waals surface area contributed by atoms with E-state index in [-0.39, 0.29) is 5.91 Å². The van der Waals surface area contributed by atoms with Crippen LogP contribution >= 0.6 is 34.3 Å². The Morgan fingerprint density at radius 2 is 2.00 bits per heavy atom. The van der Waals surface area contributed by atoms with Gasteiger partial charge in [0.25, 0.3) is 5.91 Å². The number of carbonyl (C=O) groups excluding carboxylic acids is 1. The average molecular weight is 378 g/mol. The molecule has 1 amide bonds. The smallest absolute Gasteiger partial charge is 0.253 e. The molecule has 1 fully saturated rings. The third-order valence-electron chi connectivity index (χ3n) is 4.25. The van der Waals surface area contributed by atoms with Crippen molar-refractivity contribution in [2.45, 2.75) is 6.54 Å². The van der Waals surface area contributed by atoms with E-state index in [0.29, 0.717) is 0 Å². The number of thiophene rings is 1. The van der Waals surface area contributed by atoms with Crippen LogP contribution in [0.2, 0.25) is 4.34 Å². The summed E-state index contributed by atoms with van der Waals surface area (Å²) in [5.74, 6) is 0.115. The summed E-state index contributed by atoms with van der Waals surface area (Å²) in [5.41, 5.74) is 3.52. The highest BCUT2D eigenvalue weighted by Crippen LogP contribution is 2.24. The Morgan fingerprint density at radius 3 is 2.75 bits per heavy atom. The maximum Gasteiger partial charge on any atom is 0.253 e. The lowest BCUT2D eigenvalue weighted by Gasteiger charge is -2.34. The number of nitrogens with zero attached hydrogens (tertiary/aromatic N) is 3. The van der Waals surface area contributed by atoms with Crippen LogP contribution in [0.1, 0.15) is 15.2 Å². The number of hydrogen-bond acceptors (Lipinski definition) is 5. The number of amides is 1. The van der Waals surface area contributed by atoms with Crippen molar-refractivity contribution in [1.82, 2.24) is 14.8 Å². The summed E-state index contributed by atoms with van der Waals surface area (Å²) in [6.07, 6.45) is 0. The topological polar surface area (TPSA) is 36.4 Å². The van der Waals surface area contributed by atoms with E-state index in [1.807, 2.05) is 34.7 Å². The number of piperazine rings is 1. The highest BCUT2D eigenvalue weighted by atomic mass is 35.5. The van der Waals surface area contributed by atoms with E-state index in [0.717, 1.165) is 52.8 Å². The number of thiazole rings is 1. The van der Waals surface area contributed by atoms with Crippen LogP contribution in [-0.2, 0) is 6.54 Å². The molecule has 24 heavy (non-hydrogen) atoms. The monoisotopic (exact) mass is 377 g/mol. The largest absolute Gasteiger partial charge is 0.336 e. The third-order valence-corrected chi connectivity index (χ3v) is 6.25. The van der Waals surface area contributed by atoms with E-state index in [9.17, 15) is 4.79 Å². The van der Waals surface area contributed by atoms with Crippen molar-refractivity contribution in [2.75, 3.05) is 26.2 Å². The maximum atomic E-state index is 12.7. The molecule has 1 saturated heterocycles. The molecular formula is C17H16ClN3OS2. The number of carbonyl (C=O) groups is 1. The first-order chi connectivity index (χ1) is 11.7. The molecule has 0 spiro atoms. The second kappa shape index (κ2) is 6.80. The molecule has 7 heteroatoms. The highest BCUT2D eigenvalue weighted by Gasteiger charge is 2.22. The first-order valence-corrected chi connectivity index (χ1v) is 9.85. The van der Waals surface area contributed by atoms with E-state index in [1.54, 1.807) is 22.7 Å². The van der Waals surface area contributed by atoms with Gasteiger partial charge in [0, 0.05) is 43.2 Å². The Kier molecular flexibility index (Phi) is 4.54. The lowest BCUT2D eigenvalue weighted by molar-refractivity contribution is 0.0630. The van der Waals surface area contributed by atoms with Crippen molar-refractivity contribution < 1.29 is 4.79 Å². The van der Waals surface area contributed by atoms with Crippen molar-refractivity contribution in [3.05, 3.63) is 50.6 Å². The first-order valence-electron chi connectivity index (χ1n) is 7.78. The summed E-state index contributed by atoms with van der Waals surface area (Å²) in [5, 5.41) is 0. The Hall–Kier alpha value is -1.47. The SMILES string of the molecule is O=C(c1ccc2ncsc2c1)N1CCN(Cc2ccc(Cl)s2)CC1. The molecule has 1 aliphatic heterocycles. The van der Waals surface area contributed by atoms with Crippen LogP contribution in [0.5, 0.6) is 0 Å². The van der Waals surface area contributed by atoms with Crippen LogP contribution < -0.4 is 0 Å². The zero-order valence-electron chi connectivity index (χ0n) is 12.9. The molecule has 0 N–H and O–H groups in total. The van der Waals surface area contributed by atoms with Crippen LogP contribution in [0.25, 0.3) is 10.2 Å². The van der Waals surface area contributed by atoms with E-state index in [1.165, 1.54) is 4.88 Å². The van der Waals surface area contributed by atoms with E-state index < -0.39 is 0 Å². The van der Waals surface area contributed by atoms with Crippen molar-refractivity contribution in [1.29, 1.82) is 0 Å². The van der Waals surface area contributed by atoms with Gasteiger partial charge >= 0.3 is 0 Å². The van der Waals surface area contributed by atoms with Crippen molar-refractivity contribution in [3.8, 4) is 0 Å². The van der Waals surface area contributed by atoms with Gasteiger partial charge in [0.15, 0.2) is 0 Å². The van der Waals surface area contributed by atoms with Crippen LogP contribution in [0.4, 0.5) is 0 Å². The van der Waals surface area contributed by atoms with Gasteiger partial charge in [0.05, 0.1) is 20.1 Å². The zero-order valence-corrected chi connectivity index (χ0v) is 15.3. The molecule has 4 rings (SSSR count). The summed E-state index contributed by atoms with van der Waals surface area (Å²) in [6, 6.07) is 9.78. The van der Waals surface area contributed by atoms with Crippen molar-refractivity contribution in [2.24, 2.45) is 0 Å². The van der Waals surface area contributed by atoms with Gasteiger partial charge in [-0.25, -0.2) is 4.98 Å². The van der Waals surface area contributed by atoms with Gasteiger partial charge < -0.3 is 4.90 Å². The standard InChI is InChI=1S/C17H16ClN3OS2/c18-16-4-2-13(24-16)10-20-5-7-21(8-6-20)17(22)12-1-3-14-15(9-12)23-11-19-14/h1-4,9,11H,5-8,10H2. The molecule has 3 heterocycles. The Labute approximate surface area is 153 Å². The van der Waals surface area contributed by atoms with Gasteiger partial charge in [-0.2, -0.15) is 0 Å². The van der Waals surface area contributed by atoms with Crippen LogP contribution in [0.15, 0.2) is 35.8 Å². The number of fused-ring (bicyclic) bond motifs is 1. The number of benzene rings is 1. The van der Waals surface area contributed by atoms with Crippen LogP contribution in [0.3, 0.4) is 0 Å². The maximum absolute atomic E-state index is 12.7. The van der Waals surface area contributed by atoms with E-state index >= 15 is 0 Å². The fourth-order valence-corrected chi connectivity index (χ4v) is 4.78. The molecule has 0 aliphatic carbocycles. The highest BCUT2D eigenvalue weighted by molar-refractivity contribution is 7.16. The van der Waals surface area contributed by atoms with Gasteiger partial charge in [-0.1, -0.05) is 11.6 Å². The molecule has 0 bridgehead atoms. The van der Waals surface area contributed by atoms with Crippen LogP contribution in [0, 0.1) is 0 Å². The second-order valence-corrected chi connectivity index (χ2v) is 8.50. The van der Waals surface area contributed by atoms with Crippen LogP contribution in [-0.4, -0.2) is 46.9 Å². The molecule has 0 saturated carbocycles. The summed E-state index contributed by atoms with van der Waals surface area (Å²) in [7, 11) is 0. The van der Waals surface area contributed by atoms with E-state index in [2.05, 4.69) is 16.0 Å². The quantitative estimate of drug-likeness (QED) is 0.693. The molecule has 4 nitrogen and oxygen atoms in total. The minimum Gasteiger partial charge on any atom is -0.336 e. The zero-order chi connectivity index (χ0) is 16.5. The molecule has 1 aliphatic rings. The van der Waals surface area contributed by atoms with Crippen molar-refractivity contribution in [3.63, 3.8) is 0 Å². The number of halogens is 1. The third kappa shape index (κ3) is 3.32. The van der Waals surface area contributed by atoms with Crippen molar-refractivity contribution >= 4 is 50.4 Å². The molecule has 2 aromatic heterocycles. The molecule has 0 radical (unpaired) electrons. The summed E-state index contributed by atoms with van der Waals surface area (Å²) < 4.78 is 1.89. The average Bonchev–Trinajstić information content (AvgIpc) is 3.23. The molecule has 124 valence electrons. The normalized spacial score (nSPS) is 16.0. The lowest BCUT2D eigenvalue weighted by atomic mass is 10.1. The molecular weight excluding hydrogens is 362 g/mol. The predicted molar refractivity (Wildman–Crippen MR) is 100 cm³/mol. The Morgan fingerprint density at radius 1 is 1.17 bits per heavy atom. The van der Waals surface area contributed by atoms with Gasteiger partial charge in [-0.15, -0.1) is 22.7 Å². The minimum atomic E-state index is 0.115. The molecule has 1 aromatic carbocycles. The number of rotatable bonds is 3. The van der Waals surface area contributed by atoms with Gasteiger partial charge in [0.1, 0.15) is 0 Å². The Balaban J connectivity index is 1.38. The van der Waals surface area contributed by atoms with Gasteiger partial charge in [-0.3, -0.25) is 9.69 Å². The molecule has 0 unspecified atom stereocenters. The van der Waals surface area contributed by atoms with Gasteiger partial charge in [-0.05, 0) is 30.3 Å². The van der Waals surface area contributed by atoms with Gasteiger partial charge in [0.2, 0.25) is 0 Å². The molecule has 0 atom stereocenters. The molecule has 3 aromatic rings. The predicted octanol–water partition coefficient (Wildman–Crippen LogP) is 3.97. The minimum absolute atomic E-state index is 0.115. The second-order valence-electron chi connectivity index (χ2n) is 5.81. The fraction of sp³-hybridized carbons (Fsp3) is 0.294. The lowest BCUT2D eigenvalue weighted by Crippen LogP contribution is -2.48.